The highest BCUT2D eigenvalue weighted by atomic mass is 79.9. The van der Waals surface area contributed by atoms with E-state index in [9.17, 15) is 0 Å². The molecule has 0 atom stereocenters. The Balaban J connectivity index is 1.81. The van der Waals surface area contributed by atoms with E-state index in [1.807, 2.05) is 36.4 Å². The first-order chi connectivity index (χ1) is 9.15. The maximum Gasteiger partial charge on any atom is 0.137 e. The van der Waals surface area contributed by atoms with Crippen molar-refractivity contribution >= 4 is 33.2 Å². The van der Waals surface area contributed by atoms with Crippen molar-refractivity contribution in [3.8, 4) is 5.75 Å². The average molecular weight is 341 g/mol. The van der Waals surface area contributed by atoms with Crippen LogP contribution in [0.5, 0.6) is 5.75 Å². The zero-order valence-corrected chi connectivity index (χ0v) is 12.7. The lowest BCUT2D eigenvalue weighted by atomic mass is 10.1. The summed E-state index contributed by atoms with van der Waals surface area (Å²) in [6.45, 7) is 0.635. The van der Waals surface area contributed by atoms with E-state index in [1.54, 1.807) is 0 Å². The van der Waals surface area contributed by atoms with Crippen LogP contribution in [0, 0.1) is 0 Å². The summed E-state index contributed by atoms with van der Waals surface area (Å²) < 4.78 is 6.61. The summed E-state index contributed by atoms with van der Waals surface area (Å²) in [7, 11) is 0. The Labute approximate surface area is 126 Å². The van der Waals surface area contributed by atoms with Gasteiger partial charge in [-0.1, -0.05) is 39.7 Å². The second kappa shape index (κ2) is 6.83. The number of nitrogen functional groups attached to an aromatic ring is 1. The van der Waals surface area contributed by atoms with Gasteiger partial charge in [0.15, 0.2) is 0 Å². The number of hydrogen-bond donors (Lipinski definition) is 1. The van der Waals surface area contributed by atoms with E-state index < -0.39 is 0 Å². The van der Waals surface area contributed by atoms with E-state index in [2.05, 4.69) is 22.0 Å². The van der Waals surface area contributed by atoms with E-state index >= 15 is 0 Å². The summed E-state index contributed by atoms with van der Waals surface area (Å²) in [5.41, 5.74) is 7.76. The van der Waals surface area contributed by atoms with Crippen LogP contribution in [-0.2, 0) is 6.42 Å². The molecule has 0 amide bonds. The van der Waals surface area contributed by atoms with E-state index in [0.29, 0.717) is 11.6 Å². The van der Waals surface area contributed by atoms with Gasteiger partial charge in [0.1, 0.15) is 5.75 Å². The number of halogens is 2. The third kappa shape index (κ3) is 4.44. The number of benzene rings is 2. The number of hydrogen-bond acceptors (Lipinski definition) is 2. The quantitative estimate of drug-likeness (QED) is 0.632. The van der Waals surface area contributed by atoms with Crippen LogP contribution in [0.2, 0.25) is 5.02 Å². The van der Waals surface area contributed by atoms with Crippen molar-refractivity contribution in [2.75, 3.05) is 12.3 Å². The molecule has 4 heteroatoms. The lowest BCUT2D eigenvalue weighted by Gasteiger charge is -2.08. The van der Waals surface area contributed by atoms with E-state index in [1.165, 1.54) is 5.56 Å². The zero-order valence-electron chi connectivity index (χ0n) is 10.4. The second-order valence-corrected chi connectivity index (χ2v) is 5.59. The number of anilines is 1. The number of nitrogens with two attached hydrogens (primary N) is 1. The van der Waals surface area contributed by atoms with Crippen molar-refractivity contribution in [1.29, 1.82) is 0 Å². The summed E-state index contributed by atoms with van der Waals surface area (Å²) in [6.07, 6.45) is 1.87. The Bertz CT molecular complexity index is 560. The smallest absolute Gasteiger partial charge is 0.137 e. The van der Waals surface area contributed by atoms with Gasteiger partial charge in [-0.3, -0.25) is 0 Å². The number of rotatable bonds is 5. The highest BCUT2D eigenvalue weighted by Gasteiger charge is 2.02. The third-order valence-electron chi connectivity index (χ3n) is 2.71. The fourth-order valence-electron chi connectivity index (χ4n) is 1.80. The fourth-order valence-corrected chi connectivity index (χ4v) is 2.53. The van der Waals surface area contributed by atoms with Gasteiger partial charge in [0.25, 0.3) is 0 Å². The highest BCUT2D eigenvalue weighted by Crippen LogP contribution is 2.27. The van der Waals surface area contributed by atoms with E-state index in [0.717, 1.165) is 28.8 Å². The van der Waals surface area contributed by atoms with Crippen LogP contribution in [0.25, 0.3) is 0 Å². The Morgan fingerprint density at radius 2 is 2.00 bits per heavy atom. The average Bonchev–Trinajstić information content (AvgIpc) is 2.37. The molecule has 2 nitrogen and oxygen atoms in total. The van der Waals surface area contributed by atoms with Gasteiger partial charge in [-0.25, -0.2) is 0 Å². The molecule has 2 aromatic carbocycles. The molecule has 0 spiro atoms. The van der Waals surface area contributed by atoms with Gasteiger partial charge >= 0.3 is 0 Å². The van der Waals surface area contributed by atoms with Crippen molar-refractivity contribution in [2.45, 2.75) is 12.8 Å². The molecule has 0 heterocycles. The van der Waals surface area contributed by atoms with Crippen LogP contribution >= 0.6 is 27.5 Å². The lowest BCUT2D eigenvalue weighted by molar-refractivity contribution is 0.311. The van der Waals surface area contributed by atoms with Crippen LogP contribution in [0.1, 0.15) is 12.0 Å². The standard InChI is InChI=1S/C15H15BrClNO/c16-12-6-7-15(14(17)10-12)19-8-2-4-11-3-1-5-13(18)9-11/h1,3,5-7,9-10H,2,4,8,18H2. The van der Waals surface area contributed by atoms with Gasteiger partial charge in [0.2, 0.25) is 0 Å². The number of aryl methyl sites for hydroxylation is 1. The molecule has 0 aliphatic heterocycles. The molecule has 0 aromatic heterocycles. The van der Waals surface area contributed by atoms with Crippen molar-refractivity contribution in [3.05, 3.63) is 57.5 Å². The fraction of sp³-hybridized carbons (Fsp3) is 0.200. The molecular formula is C15H15BrClNO. The minimum atomic E-state index is 0.623. The van der Waals surface area contributed by atoms with Crippen LogP contribution in [0.3, 0.4) is 0 Å². The SMILES string of the molecule is Nc1cccc(CCCOc2ccc(Br)cc2Cl)c1. The Morgan fingerprint density at radius 1 is 1.16 bits per heavy atom. The Morgan fingerprint density at radius 3 is 2.74 bits per heavy atom. The van der Waals surface area contributed by atoms with Crippen LogP contribution in [0.15, 0.2) is 46.9 Å². The van der Waals surface area contributed by atoms with Crippen LogP contribution in [-0.4, -0.2) is 6.61 Å². The summed E-state index contributed by atoms with van der Waals surface area (Å²) in [4.78, 5) is 0. The zero-order chi connectivity index (χ0) is 13.7. The van der Waals surface area contributed by atoms with Crippen molar-refractivity contribution in [1.82, 2.24) is 0 Å². The van der Waals surface area contributed by atoms with Gasteiger partial charge in [0, 0.05) is 10.2 Å². The molecule has 0 aliphatic carbocycles. The Kier molecular flexibility index (Phi) is 5.11. The molecule has 0 unspecified atom stereocenters. The molecule has 2 N–H and O–H groups in total. The lowest BCUT2D eigenvalue weighted by Crippen LogP contribution is -2.00. The summed E-state index contributed by atoms with van der Waals surface area (Å²) in [5, 5.41) is 0.623. The molecular weight excluding hydrogens is 326 g/mol. The maximum absolute atomic E-state index is 6.07. The third-order valence-corrected chi connectivity index (χ3v) is 3.50. The first kappa shape index (κ1) is 14.2. The highest BCUT2D eigenvalue weighted by molar-refractivity contribution is 9.10. The summed E-state index contributed by atoms with van der Waals surface area (Å²) >= 11 is 9.44. The maximum atomic E-state index is 6.07. The van der Waals surface area contributed by atoms with Crippen molar-refractivity contribution < 1.29 is 4.74 Å². The topological polar surface area (TPSA) is 35.2 Å². The van der Waals surface area contributed by atoms with E-state index in [-0.39, 0.29) is 0 Å². The van der Waals surface area contributed by atoms with Gasteiger partial charge in [0.05, 0.1) is 11.6 Å². The minimum Gasteiger partial charge on any atom is -0.492 e. The molecule has 0 radical (unpaired) electrons. The molecule has 19 heavy (non-hydrogen) atoms. The molecule has 0 fully saturated rings. The van der Waals surface area contributed by atoms with Crippen LogP contribution < -0.4 is 10.5 Å². The van der Waals surface area contributed by atoms with Crippen molar-refractivity contribution in [3.63, 3.8) is 0 Å². The molecule has 100 valence electrons. The number of ether oxygens (including phenoxy) is 1. The first-order valence-corrected chi connectivity index (χ1v) is 7.24. The van der Waals surface area contributed by atoms with Gasteiger partial charge in [-0.15, -0.1) is 0 Å². The molecule has 2 aromatic rings. The molecule has 2 rings (SSSR count). The minimum absolute atomic E-state index is 0.623. The molecule has 0 aliphatic rings. The predicted molar refractivity (Wildman–Crippen MR) is 83.8 cm³/mol. The summed E-state index contributed by atoms with van der Waals surface area (Å²) in [5.74, 6) is 0.720. The van der Waals surface area contributed by atoms with Crippen molar-refractivity contribution in [2.24, 2.45) is 0 Å². The normalized spacial score (nSPS) is 10.4. The van der Waals surface area contributed by atoms with Gasteiger partial charge in [-0.2, -0.15) is 0 Å². The summed E-state index contributed by atoms with van der Waals surface area (Å²) in [6, 6.07) is 13.5. The predicted octanol–water partition coefficient (Wildman–Crippen LogP) is 4.70. The van der Waals surface area contributed by atoms with Gasteiger partial charge in [-0.05, 0) is 48.7 Å². The Hall–Kier alpha value is -1.19. The second-order valence-electron chi connectivity index (χ2n) is 4.27. The molecule has 0 saturated carbocycles. The van der Waals surface area contributed by atoms with Gasteiger partial charge < -0.3 is 10.5 Å². The van der Waals surface area contributed by atoms with Crippen LogP contribution in [0.4, 0.5) is 5.69 Å². The van der Waals surface area contributed by atoms with E-state index in [4.69, 9.17) is 22.1 Å². The monoisotopic (exact) mass is 339 g/mol. The molecule has 0 bridgehead atoms. The molecule has 0 saturated heterocycles. The largest absolute Gasteiger partial charge is 0.492 e. The first-order valence-electron chi connectivity index (χ1n) is 6.07.